The van der Waals surface area contributed by atoms with Crippen LogP contribution in [0.25, 0.3) is 0 Å². The van der Waals surface area contributed by atoms with Gasteiger partial charge in [-0.1, -0.05) is 30.3 Å². The van der Waals surface area contributed by atoms with E-state index in [4.69, 9.17) is 4.74 Å². The second-order valence-electron chi connectivity index (χ2n) is 8.41. The van der Waals surface area contributed by atoms with Crippen molar-refractivity contribution in [2.45, 2.75) is 57.0 Å². The second kappa shape index (κ2) is 8.92. The average Bonchev–Trinajstić information content (AvgIpc) is 2.76. The van der Waals surface area contributed by atoms with Crippen LogP contribution in [-0.2, 0) is 17.5 Å². The average molecular weight is 449 g/mol. The molecule has 0 radical (unpaired) electrons. The Morgan fingerprint density at radius 3 is 2.28 bits per heavy atom. The van der Waals surface area contributed by atoms with Gasteiger partial charge in [0.25, 0.3) is 0 Å². The molecular weight excluding hydrogens is 426 g/mol. The summed E-state index contributed by atoms with van der Waals surface area (Å²) in [4.78, 5) is 27.5. The SMILES string of the molecule is O=C(c1cc(F)ccc1C(F)(F)F)C1CC2CCCC(C1)N2C(=O)OCc1ccccc1. The number of hydrogen-bond donors (Lipinski definition) is 0. The Morgan fingerprint density at radius 1 is 1.00 bits per heavy atom. The van der Waals surface area contributed by atoms with Gasteiger partial charge in [0.05, 0.1) is 5.56 Å². The van der Waals surface area contributed by atoms with Gasteiger partial charge in [0.1, 0.15) is 12.4 Å². The number of hydrogen-bond acceptors (Lipinski definition) is 3. The molecule has 2 aliphatic rings. The molecule has 8 heteroatoms. The van der Waals surface area contributed by atoms with Crippen molar-refractivity contribution in [3.8, 4) is 0 Å². The molecule has 1 amide bonds. The van der Waals surface area contributed by atoms with Crippen LogP contribution in [0.3, 0.4) is 0 Å². The third-order valence-corrected chi connectivity index (χ3v) is 6.31. The van der Waals surface area contributed by atoms with E-state index in [-0.39, 0.29) is 31.5 Å². The molecule has 2 atom stereocenters. The summed E-state index contributed by atoms with van der Waals surface area (Å²) in [6, 6.07) is 10.6. The lowest BCUT2D eigenvalue weighted by Gasteiger charge is -2.47. The fourth-order valence-corrected chi connectivity index (χ4v) is 4.87. The lowest BCUT2D eigenvalue weighted by Crippen LogP contribution is -2.55. The number of piperidine rings is 2. The molecule has 4 nitrogen and oxygen atoms in total. The lowest BCUT2D eigenvalue weighted by atomic mass is 9.75. The van der Waals surface area contributed by atoms with E-state index in [2.05, 4.69) is 0 Å². The summed E-state index contributed by atoms with van der Waals surface area (Å²) in [6.45, 7) is 0.121. The lowest BCUT2D eigenvalue weighted by molar-refractivity contribution is -0.138. The molecule has 2 fully saturated rings. The summed E-state index contributed by atoms with van der Waals surface area (Å²) in [5, 5.41) is 0. The summed E-state index contributed by atoms with van der Waals surface area (Å²) < 4.78 is 59.3. The van der Waals surface area contributed by atoms with Crippen LogP contribution in [-0.4, -0.2) is 28.9 Å². The molecule has 2 aliphatic heterocycles. The molecule has 2 aromatic carbocycles. The van der Waals surface area contributed by atoms with Crippen LogP contribution in [0.15, 0.2) is 48.5 Å². The van der Waals surface area contributed by atoms with Crippen LogP contribution in [0.4, 0.5) is 22.4 Å². The number of rotatable bonds is 4. The molecule has 0 N–H and O–H groups in total. The van der Waals surface area contributed by atoms with Gasteiger partial charge in [-0.3, -0.25) is 4.79 Å². The first-order valence-electron chi connectivity index (χ1n) is 10.6. The van der Waals surface area contributed by atoms with Crippen molar-refractivity contribution >= 4 is 11.9 Å². The Kier molecular flexibility index (Phi) is 6.22. The first-order valence-corrected chi connectivity index (χ1v) is 10.6. The molecule has 4 rings (SSSR count). The van der Waals surface area contributed by atoms with Gasteiger partial charge in [-0.15, -0.1) is 0 Å². The number of Topliss-reactive ketones (excluding diaryl/α,β-unsaturated/α-hetero) is 1. The maximum absolute atomic E-state index is 13.7. The van der Waals surface area contributed by atoms with E-state index >= 15 is 0 Å². The number of alkyl halides is 3. The molecule has 0 spiro atoms. The smallest absolute Gasteiger partial charge is 0.417 e. The van der Waals surface area contributed by atoms with Gasteiger partial charge in [0.2, 0.25) is 0 Å². The number of fused-ring (bicyclic) bond motifs is 2. The molecule has 2 heterocycles. The van der Waals surface area contributed by atoms with Crippen molar-refractivity contribution in [3.63, 3.8) is 0 Å². The first kappa shape index (κ1) is 22.3. The fourth-order valence-electron chi connectivity index (χ4n) is 4.87. The number of carbonyl (C=O) groups excluding carboxylic acids is 2. The summed E-state index contributed by atoms with van der Waals surface area (Å²) in [5.41, 5.74) is -0.915. The highest BCUT2D eigenvalue weighted by Gasteiger charge is 2.45. The molecule has 2 unspecified atom stereocenters. The Balaban J connectivity index is 1.50. The number of amides is 1. The van der Waals surface area contributed by atoms with Gasteiger partial charge < -0.3 is 9.64 Å². The van der Waals surface area contributed by atoms with Gasteiger partial charge in [0, 0.05) is 23.6 Å². The number of carbonyl (C=O) groups is 2. The first-order chi connectivity index (χ1) is 15.2. The van der Waals surface area contributed by atoms with Crippen LogP contribution in [0.1, 0.15) is 53.6 Å². The number of benzene rings is 2. The number of halogens is 4. The van der Waals surface area contributed by atoms with E-state index < -0.39 is 40.9 Å². The third kappa shape index (κ3) is 4.64. The molecule has 32 heavy (non-hydrogen) atoms. The predicted molar refractivity (Wildman–Crippen MR) is 108 cm³/mol. The Morgan fingerprint density at radius 2 is 1.66 bits per heavy atom. The number of ketones is 1. The third-order valence-electron chi connectivity index (χ3n) is 6.31. The van der Waals surface area contributed by atoms with Crippen molar-refractivity contribution in [2.24, 2.45) is 5.92 Å². The summed E-state index contributed by atoms with van der Waals surface area (Å²) in [6.07, 6.45) is -2.58. The Labute approximate surface area is 183 Å². The van der Waals surface area contributed by atoms with Crippen LogP contribution in [0, 0.1) is 11.7 Å². The highest BCUT2D eigenvalue weighted by Crippen LogP contribution is 2.40. The van der Waals surface area contributed by atoms with Crippen molar-refractivity contribution < 1.29 is 31.9 Å². The van der Waals surface area contributed by atoms with Crippen molar-refractivity contribution in [1.82, 2.24) is 4.90 Å². The van der Waals surface area contributed by atoms with Crippen molar-refractivity contribution in [2.75, 3.05) is 0 Å². The molecule has 2 bridgehead atoms. The van der Waals surface area contributed by atoms with E-state index in [1.165, 1.54) is 0 Å². The van der Waals surface area contributed by atoms with Gasteiger partial charge >= 0.3 is 12.3 Å². The summed E-state index contributed by atoms with van der Waals surface area (Å²) in [5.74, 6) is -2.30. The van der Waals surface area contributed by atoms with Gasteiger partial charge in [0.15, 0.2) is 5.78 Å². The van der Waals surface area contributed by atoms with E-state index in [1.54, 1.807) is 4.90 Å². The van der Waals surface area contributed by atoms with Gasteiger partial charge in [-0.25, -0.2) is 9.18 Å². The van der Waals surface area contributed by atoms with E-state index in [0.29, 0.717) is 31.0 Å². The minimum absolute atomic E-state index is 0.121. The van der Waals surface area contributed by atoms with Crippen LogP contribution in [0.5, 0.6) is 0 Å². The zero-order chi connectivity index (χ0) is 22.9. The van der Waals surface area contributed by atoms with Crippen LogP contribution < -0.4 is 0 Å². The quantitative estimate of drug-likeness (QED) is 0.425. The maximum Gasteiger partial charge on any atom is 0.417 e. The maximum atomic E-state index is 13.7. The standard InChI is InChI=1S/C24H23F4NO3/c25-17-9-10-21(24(26,27)28)20(13-17)22(30)16-11-18-7-4-8-19(12-16)29(18)23(31)32-14-15-5-2-1-3-6-15/h1-3,5-6,9-10,13,16,18-19H,4,7-8,11-12,14H2. The minimum Gasteiger partial charge on any atom is -0.445 e. The topological polar surface area (TPSA) is 46.6 Å². The summed E-state index contributed by atoms with van der Waals surface area (Å²) >= 11 is 0. The van der Waals surface area contributed by atoms with Gasteiger partial charge in [-0.2, -0.15) is 13.2 Å². The van der Waals surface area contributed by atoms with Crippen molar-refractivity contribution in [1.29, 1.82) is 0 Å². The Bertz CT molecular complexity index is 978. The molecule has 2 aromatic rings. The normalized spacial score (nSPS) is 23.0. The minimum atomic E-state index is -4.75. The molecule has 170 valence electrons. The van der Waals surface area contributed by atoms with Crippen molar-refractivity contribution in [3.05, 3.63) is 71.0 Å². The highest BCUT2D eigenvalue weighted by atomic mass is 19.4. The molecule has 0 saturated carbocycles. The van der Waals surface area contributed by atoms with E-state index in [1.807, 2.05) is 30.3 Å². The Hall–Kier alpha value is -2.90. The van der Waals surface area contributed by atoms with Gasteiger partial charge in [-0.05, 0) is 55.9 Å². The molecular formula is C24H23F4NO3. The number of ether oxygens (including phenoxy) is 1. The largest absolute Gasteiger partial charge is 0.445 e. The highest BCUT2D eigenvalue weighted by molar-refractivity contribution is 5.99. The summed E-state index contributed by atoms with van der Waals surface area (Å²) in [7, 11) is 0. The molecule has 0 aromatic heterocycles. The molecule has 2 saturated heterocycles. The zero-order valence-corrected chi connectivity index (χ0v) is 17.3. The van der Waals surface area contributed by atoms with E-state index in [9.17, 15) is 27.2 Å². The second-order valence-corrected chi connectivity index (χ2v) is 8.41. The zero-order valence-electron chi connectivity index (χ0n) is 17.3. The number of nitrogens with zero attached hydrogens (tertiary/aromatic N) is 1. The predicted octanol–water partition coefficient (Wildman–Crippen LogP) is 6.00. The molecule has 0 aliphatic carbocycles. The fraction of sp³-hybridized carbons (Fsp3) is 0.417. The van der Waals surface area contributed by atoms with E-state index in [0.717, 1.165) is 12.0 Å². The van der Waals surface area contributed by atoms with Crippen LogP contribution in [0.2, 0.25) is 0 Å². The monoisotopic (exact) mass is 449 g/mol. The van der Waals surface area contributed by atoms with Crippen LogP contribution >= 0.6 is 0 Å².